The summed E-state index contributed by atoms with van der Waals surface area (Å²) < 4.78 is 5.45. The van der Waals surface area contributed by atoms with E-state index in [9.17, 15) is 19.2 Å². The lowest BCUT2D eigenvalue weighted by Crippen LogP contribution is -2.50. The molecule has 9 nitrogen and oxygen atoms in total. The van der Waals surface area contributed by atoms with Crippen LogP contribution in [0.1, 0.15) is 25.7 Å². The predicted octanol–water partition coefficient (Wildman–Crippen LogP) is 0.134. The van der Waals surface area contributed by atoms with Crippen molar-refractivity contribution in [3.05, 3.63) is 0 Å². The Labute approximate surface area is 137 Å². The summed E-state index contributed by atoms with van der Waals surface area (Å²) in [5.41, 5.74) is 0. The Hall–Kier alpha value is -2.60. The lowest BCUT2D eigenvalue weighted by molar-refractivity contribution is -0.171. The second-order valence-corrected chi connectivity index (χ2v) is 5.64. The van der Waals surface area contributed by atoms with Crippen LogP contribution in [0.2, 0.25) is 0 Å². The Kier molecular flexibility index (Phi) is 6.73. The second-order valence-electron chi connectivity index (χ2n) is 5.64. The highest BCUT2D eigenvalue weighted by atomic mass is 16.5. The zero-order valence-corrected chi connectivity index (χ0v) is 12.6. The molecular formula is C15H18O9. The van der Waals surface area contributed by atoms with E-state index >= 15 is 0 Å². The lowest BCUT2D eigenvalue weighted by Gasteiger charge is -2.44. The van der Waals surface area contributed by atoms with Gasteiger partial charge in [0.25, 0.3) is 0 Å². The van der Waals surface area contributed by atoms with Crippen molar-refractivity contribution in [2.45, 2.75) is 37.9 Å². The molecule has 132 valence electrons. The molecule has 0 radical (unpaired) electrons. The van der Waals surface area contributed by atoms with Gasteiger partial charge in [0, 0.05) is 12.3 Å². The quantitative estimate of drug-likeness (QED) is 0.450. The summed E-state index contributed by atoms with van der Waals surface area (Å²) in [6, 6.07) is 0. The zero-order valence-electron chi connectivity index (χ0n) is 12.6. The summed E-state index contributed by atoms with van der Waals surface area (Å²) in [4.78, 5) is 44.3. The fourth-order valence-corrected chi connectivity index (χ4v) is 3.19. The molecule has 0 bridgehead atoms. The molecule has 24 heavy (non-hydrogen) atoms. The molecule has 5 atom stereocenters. The number of aliphatic carboxylic acids is 4. The molecule has 1 heterocycles. The van der Waals surface area contributed by atoms with Gasteiger partial charge in [-0.2, -0.15) is 0 Å². The minimum Gasteiger partial charge on any atom is -0.481 e. The van der Waals surface area contributed by atoms with E-state index in [2.05, 4.69) is 5.92 Å². The molecule has 0 aromatic heterocycles. The van der Waals surface area contributed by atoms with Gasteiger partial charge in [0.05, 0.1) is 25.4 Å². The Bertz CT molecular complexity index is 562. The van der Waals surface area contributed by atoms with Crippen LogP contribution in [0, 0.1) is 30.1 Å². The molecule has 0 aromatic carbocycles. The van der Waals surface area contributed by atoms with E-state index in [4.69, 9.17) is 31.6 Å². The first-order valence-electron chi connectivity index (χ1n) is 7.14. The van der Waals surface area contributed by atoms with Crippen molar-refractivity contribution >= 4 is 23.9 Å². The number of carboxylic acids is 4. The Balaban J connectivity index is 3.26. The Morgan fingerprint density at radius 2 is 1.17 bits per heavy atom. The van der Waals surface area contributed by atoms with Crippen LogP contribution in [0.25, 0.3) is 0 Å². The number of carboxylic acid groups (broad SMARTS) is 4. The average molecular weight is 342 g/mol. The molecule has 1 aliphatic rings. The molecule has 1 rings (SSSR count). The van der Waals surface area contributed by atoms with Crippen molar-refractivity contribution in [3.63, 3.8) is 0 Å². The summed E-state index contributed by atoms with van der Waals surface area (Å²) in [6.45, 7) is 0. The number of hydrogen-bond acceptors (Lipinski definition) is 5. The third kappa shape index (κ3) is 5.24. The maximum atomic E-state index is 11.2. The third-order valence-electron chi connectivity index (χ3n) is 4.06. The minimum atomic E-state index is -1.26. The molecule has 4 N–H and O–H groups in total. The lowest BCUT2D eigenvalue weighted by atomic mass is 9.69. The van der Waals surface area contributed by atoms with Crippen LogP contribution in [-0.4, -0.2) is 56.5 Å². The fourth-order valence-electron chi connectivity index (χ4n) is 3.19. The molecular weight excluding hydrogens is 324 g/mol. The molecule has 1 fully saturated rings. The normalized spacial score (nSPS) is 29.4. The van der Waals surface area contributed by atoms with Gasteiger partial charge in [0.1, 0.15) is 6.10 Å². The van der Waals surface area contributed by atoms with Crippen molar-refractivity contribution in [3.8, 4) is 12.3 Å². The predicted molar refractivity (Wildman–Crippen MR) is 77.0 cm³/mol. The van der Waals surface area contributed by atoms with Crippen LogP contribution < -0.4 is 0 Å². The van der Waals surface area contributed by atoms with Gasteiger partial charge in [-0.05, 0) is 11.8 Å². The monoisotopic (exact) mass is 342 g/mol. The fraction of sp³-hybridized carbons (Fsp3) is 0.600. The largest absolute Gasteiger partial charge is 0.481 e. The molecule has 0 spiro atoms. The van der Waals surface area contributed by atoms with E-state index in [1.165, 1.54) is 0 Å². The van der Waals surface area contributed by atoms with Gasteiger partial charge < -0.3 is 25.2 Å². The molecule has 0 aromatic rings. The molecule has 0 aliphatic carbocycles. The molecule has 1 saturated heterocycles. The smallest absolute Gasteiger partial charge is 0.305 e. The van der Waals surface area contributed by atoms with Crippen molar-refractivity contribution in [2.75, 3.05) is 0 Å². The van der Waals surface area contributed by atoms with Crippen LogP contribution in [0.5, 0.6) is 0 Å². The van der Waals surface area contributed by atoms with Crippen LogP contribution in [-0.2, 0) is 23.9 Å². The summed E-state index contributed by atoms with van der Waals surface area (Å²) >= 11 is 0. The number of hydrogen-bond donors (Lipinski definition) is 4. The Morgan fingerprint density at radius 3 is 1.58 bits per heavy atom. The molecule has 0 saturated carbocycles. The van der Waals surface area contributed by atoms with Crippen molar-refractivity contribution in [1.82, 2.24) is 0 Å². The number of terminal acetylenes is 1. The van der Waals surface area contributed by atoms with Crippen LogP contribution >= 0.6 is 0 Å². The summed E-state index contributed by atoms with van der Waals surface area (Å²) in [5, 5.41) is 36.1. The minimum absolute atomic E-state index is 0.497. The highest BCUT2D eigenvalue weighted by molar-refractivity contribution is 5.71. The summed E-state index contributed by atoms with van der Waals surface area (Å²) in [6.07, 6.45) is 1.02. The maximum Gasteiger partial charge on any atom is 0.305 e. The zero-order chi connectivity index (χ0) is 18.4. The van der Waals surface area contributed by atoms with Gasteiger partial charge in [-0.1, -0.05) is 5.92 Å². The van der Waals surface area contributed by atoms with Crippen molar-refractivity contribution < 1.29 is 44.3 Å². The third-order valence-corrected chi connectivity index (χ3v) is 4.06. The first kappa shape index (κ1) is 19.4. The van der Waals surface area contributed by atoms with Gasteiger partial charge in [0.2, 0.25) is 0 Å². The summed E-state index contributed by atoms with van der Waals surface area (Å²) in [7, 11) is 0. The second kappa shape index (κ2) is 8.31. The number of ether oxygens (including phenoxy) is 1. The van der Waals surface area contributed by atoms with Crippen LogP contribution in [0.4, 0.5) is 0 Å². The number of carbonyl (C=O) groups is 4. The van der Waals surface area contributed by atoms with E-state index in [1.807, 2.05) is 0 Å². The highest BCUT2D eigenvalue weighted by Crippen LogP contribution is 2.42. The first-order chi connectivity index (χ1) is 11.1. The first-order valence-corrected chi connectivity index (χ1v) is 7.14. The van der Waals surface area contributed by atoms with E-state index in [-0.39, 0.29) is 0 Å². The maximum absolute atomic E-state index is 11.2. The molecule has 9 heteroatoms. The van der Waals surface area contributed by atoms with Gasteiger partial charge in [-0.15, -0.1) is 6.42 Å². The van der Waals surface area contributed by atoms with Crippen LogP contribution in [0.3, 0.4) is 0 Å². The van der Waals surface area contributed by atoms with Gasteiger partial charge >= 0.3 is 23.9 Å². The van der Waals surface area contributed by atoms with Gasteiger partial charge in [0.15, 0.2) is 0 Å². The Morgan fingerprint density at radius 1 is 0.750 bits per heavy atom. The van der Waals surface area contributed by atoms with Gasteiger partial charge in [-0.3, -0.25) is 19.2 Å². The van der Waals surface area contributed by atoms with E-state index in [0.717, 1.165) is 0 Å². The molecule has 0 amide bonds. The average Bonchev–Trinajstić information content (AvgIpc) is 2.42. The van der Waals surface area contributed by atoms with Gasteiger partial charge in [-0.25, -0.2) is 0 Å². The highest BCUT2D eigenvalue weighted by Gasteiger charge is 2.47. The van der Waals surface area contributed by atoms with Crippen LogP contribution in [0.15, 0.2) is 0 Å². The van der Waals surface area contributed by atoms with E-state index in [1.54, 1.807) is 0 Å². The number of rotatable bonds is 8. The summed E-state index contributed by atoms with van der Waals surface area (Å²) in [5.74, 6) is -5.59. The topological polar surface area (TPSA) is 158 Å². The molecule has 5 unspecified atom stereocenters. The SMILES string of the molecule is C#CC1OC(CC(=O)O)C(CC(=O)O)C(CC(=O)O)C1CC(=O)O. The van der Waals surface area contributed by atoms with Crippen molar-refractivity contribution in [1.29, 1.82) is 0 Å². The standard InChI is InChI=1S/C15H18O9/c1-2-10-8(4-13(18)19)7(3-12(16)17)9(5-14(20)21)11(24-10)6-15(22)23/h1,7-11H,3-6H2,(H,16,17)(H,18,19)(H,20,21)(H,22,23). The van der Waals surface area contributed by atoms with E-state index in [0.29, 0.717) is 0 Å². The van der Waals surface area contributed by atoms with E-state index < -0.39 is 79.5 Å². The van der Waals surface area contributed by atoms with Crippen molar-refractivity contribution in [2.24, 2.45) is 17.8 Å². The molecule has 1 aliphatic heterocycles.